The number of nitrogens with one attached hydrogen (secondary N) is 1. The highest BCUT2D eigenvalue weighted by atomic mass is 19.1. The average Bonchev–Trinajstić information content (AvgIpc) is 3.33. The van der Waals surface area contributed by atoms with E-state index in [-0.39, 0.29) is 18.1 Å². The van der Waals surface area contributed by atoms with E-state index >= 15 is 0 Å². The lowest BCUT2D eigenvalue weighted by atomic mass is 10.1. The van der Waals surface area contributed by atoms with Gasteiger partial charge in [-0.15, -0.1) is 0 Å². The van der Waals surface area contributed by atoms with Gasteiger partial charge in [0.1, 0.15) is 6.26 Å². The number of carbonyl (C=O) groups is 2. The van der Waals surface area contributed by atoms with Crippen LogP contribution in [0.15, 0.2) is 65.3 Å². The van der Waals surface area contributed by atoms with Crippen molar-refractivity contribution in [2.24, 2.45) is 0 Å². The van der Waals surface area contributed by atoms with E-state index in [9.17, 15) is 19.1 Å². The van der Waals surface area contributed by atoms with Gasteiger partial charge in [-0.3, -0.25) is 9.59 Å². The Balaban J connectivity index is 1.35. The molecule has 2 unspecified atom stereocenters. The fraction of sp³-hybridized carbons (Fsp3) is 0.292. The number of amides is 2. The molecule has 2 atom stereocenters. The van der Waals surface area contributed by atoms with Crippen molar-refractivity contribution >= 4 is 11.8 Å². The van der Waals surface area contributed by atoms with E-state index in [1.807, 2.05) is 0 Å². The number of hydrogen-bond donors (Lipinski definition) is 2. The molecule has 7 nitrogen and oxygen atoms in total. The zero-order chi connectivity index (χ0) is 22.5. The zero-order valence-electron chi connectivity index (χ0n) is 17.4. The number of aliphatic hydroxyl groups is 1. The number of likely N-dealkylation sites (tertiary alicyclic amines) is 1. The monoisotopic (exact) mass is 437 g/mol. The van der Waals surface area contributed by atoms with E-state index in [1.54, 1.807) is 59.5 Å². The molecule has 2 amide bonds. The molecule has 4 rings (SSSR count). The first-order valence-corrected chi connectivity index (χ1v) is 10.5. The molecule has 0 saturated carbocycles. The van der Waals surface area contributed by atoms with Gasteiger partial charge in [0, 0.05) is 25.2 Å². The molecule has 1 fully saturated rings. The molecule has 0 radical (unpaired) electrons. The van der Waals surface area contributed by atoms with Crippen LogP contribution in [0.1, 0.15) is 40.6 Å². The Morgan fingerprint density at radius 1 is 1.19 bits per heavy atom. The van der Waals surface area contributed by atoms with Crippen molar-refractivity contribution in [3.8, 4) is 11.5 Å². The second-order valence-electron chi connectivity index (χ2n) is 7.77. The van der Waals surface area contributed by atoms with Crippen molar-refractivity contribution in [3.05, 3.63) is 77.7 Å². The van der Waals surface area contributed by atoms with Crippen LogP contribution in [-0.4, -0.2) is 46.0 Å². The maximum Gasteiger partial charge on any atom is 0.275 e. The molecule has 3 aromatic rings. The molecule has 32 heavy (non-hydrogen) atoms. The highest BCUT2D eigenvalue weighted by Gasteiger charge is 2.25. The number of alkyl halides is 1. The Morgan fingerprint density at radius 2 is 1.94 bits per heavy atom. The average molecular weight is 437 g/mol. The maximum absolute atomic E-state index is 14.3. The van der Waals surface area contributed by atoms with Crippen LogP contribution in [0, 0.1) is 0 Å². The quantitative estimate of drug-likeness (QED) is 0.617. The minimum atomic E-state index is -1.72. The van der Waals surface area contributed by atoms with Gasteiger partial charge >= 0.3 is 0 Å². The van der Waals surface area contributed by atoms with Crippen molar-refractivity contribution in [1.29, 1.82) is 0 Å². The fourth-order valence-corrected chi connectivity index (χ4v) is 3.62. The number of halogens is 1. The molecule has 1 aliphatic heterocycles. The summed E-state index contributed by atoms with van der Waals surface area (Å²) >= 11 is 0. The first-order chi connectivity index (χ1) is 15.5. The Labute approximate surface area is 184 Å². The minimum Gasteiger partial charge on any atom is -0.444 e. The highest BCUT2D eigenvalue weighted by molar-refractivity contribution is 5.92. The summed E-state index contributed by atoms with van der Waals surface area (Å²) in [5.41, 5.74) is 1.96. The lowest BCUT2D eigenvalue weighted by Gasteiger charge is -2.29. The molecule has 0 aliphatic carbocycles. The number of nitrogens with zero attached hydrogens (tertiary/aromatic N) is 2. The molecular formula is C24H24FN3O4. The van der Waals surface area contributed by atoms with E-state index in [0.717, 1.165) is 12.0 Å². The van der Waals surface area contributed by atoms with E-state index in [2.05, 4.69) is 10.3 Å². The van der Waals surface area contributed by atoms with Gasteiger partial charge in [-0.1, -0.05) is 42.5 Å². The molecular weight excluding hydrogens is 413 g/mol. The second kappa shape index (κ2) is 9.74. The van der Waals surface area contributed by atoms with Gasteiger partial charge in [0.15, 0.2) is 5.69 Å². The van der Waals surface area contributed by atoms with Crippen molar-refractivity contribution in [3.63, 3.8) is 0 Å². The summed E-state index contributed by atoms with van der Waals surface area (Å²) in [6.45, 7) is 1.06. The maximum atomic E-state index is 14.3. The van der Waals surface area contributed by atoms with Gasteiger partial charge < -0.3 is 19.7 Å². The fourth-order valence-electron chi connectivity index (χ4n) is 3.62. The summed E-state index contributed by atoms with van der Waals surface area (Å²) in [6, 6.07) is 15.4. The van der Waals surface area contributed by atoms with E-state index in [4.69, 9.17) is 4.42 Å². The highest BCUT2D eigenvalue weighted by Crippen LogP contribution is 2.22. The van der Waals surface area contributed by atoms with Crippen molar-refractivity contribution in [1.82, 2.24) is 15.2 Å². The Hall–Kier alpha value is -3.52. The summed E-state index contributed by atoms with van der Waals surface area (Å²) in [6.07, 6.45) is 0.535. The van der Waals surface area contributed by atoms with Crippen LogP contribution in [0.4, 0.5) is 4.39 Å². The normalized spacial score (nSPS) is 17.1. The lowest BCUT2D eigenvalue weighted by molar-refractivity contribution is -0.126. The molecule has 0 bridgehead atoms. The van der Waals surface area contributed by atoms with Crippen LogP contribution in [-0.2, 0) is 11.3 Å². The standard InChI is InChI=1S/C24H24FN3O4/c25-21(17-5-2-1-3-6-17)22(30)26-13-16-8-10-18(11-9-16)23-27-20(15-32-23)24(31)28-12-4-7-19(29)14-28/h1-3,5-6,8-11,15,19,21,29H,4,7,12-14H2,(H,26,30). The van der Waals surface area contributed by atoms with Crippen LogP contribution in [0.5, 0.6) is 0 Å². The number of aliphatic hydroxyl groups excluding tert-OH is 1. The van der Waals surface area contributed by atoms with Gasteiger partial charge in [0.05, 0.1) is 6.10 Å². The molecule has 2 N–H and O–H groups in total. The molecule has 8 heteroatoms. The summed E-state index contributed by atoms with van der Waals surface area (Å²) in [4.78, 5) is 30.5. The number of carbonyl (C=O) groups excluding carboxylic acids is 2. The molecule has 1 aliphatic rings. The Kier molecular flexibility index (Phi) is 6.61. The number of β-amino-alcohol motifs (C(OH)–C–C–N with tert-alkyl or cyclic N) is 1. The molecule has 1 aromatic heterocycles. The zero-order valence-corrected chi connectivity index (χ0v) is 17.4. The third-order valence-electron chi connectivity index (χ3n) is 5.40. The molecule has 2 aromatic carbocycles. The Bertz CT molecular complexity index is 1070. The van der Waals surface area contributed by atoms with E-state index in [0.29, 0.717) is 36.5 Å². The van der Waals surface area contributed by atoms with Gasteiger partial charge in [0.25, 0.3) is 11.8 Å². The number of rotatable bonds is 6. The van der Waals surface area contributed by atoms with Crippen LogP contribution in [0.2, 0.25) is 0 Å². The van der Waals surface area contributed by atoms with Gasteiger partial charge in [-0.05, 0) is 36.1 Å². The van der Waals surface area contributed by atoms with Crippen LogP contribution in [0.3, 0.4) is 0 Å². The first-order valence-electron chi connectivity index (χ1n) is 10.5. The topological polar surface area (TPSA) is 95.7 Å². The summed E-state index contributed by atoms with van der Waals surface area (Å²) in [5, 5.41) is 12.4. The second-order valence-corrected chi connectivity index (χ2v) is 7.77. The minimum absolute atomic E-state index is 0.180. The van der Waals surface area contributed by atoms with Crippen molar-refractivity contribution < 1.29 is 23.5 Å². The predicted octanol–water partition coefficient (Wildman–Crippen LogP) is 3.27. The summed E-state index contributed by atoms with van der Waals surface area (Å²) in [7, 11) is 0. The van der Waals surface area contributed by atoms with Gasteiger partial charge in [-0.25, -0.2) is 9.37 Å². The molecule has 0 spiro atoms. The summed E-state index contributed by atoms with van der Waals surface area (Å²) in [5.74, 6) is -0.661. The smallest absolute Gasteiger partial charge is 0.275 e. The SMILES string of the molecule is O=C(NCc1ccc(-c2nc(C(=O)N3CCCC(O)C3)co2)cc1)C(F)c1ccccc1. The summed E-state index contributed by atoms with van der Waals surface area (Å²) < 4.78 is 19.7. The number of benzene rings is 2. The lowest BCUT2D eigenvalue weighted by Crippen LogP contribution is -2.42. The van der Waals surface area contributed by atoms with Crippen LogP contribution in [0.25, 0.3) is 11.5 Å². The third-order valence-corrected chi connectivity index (χ3v) is 5.40. The number of aromatic nitrogens is 1. The van der Waals surface area contributed by atoms with Crippen LogP contribution < -0.4 is 5.32 Å². The third kappa shape index (κ3) is 5.03. The number of oxazole rings is 1. The van der Waals surface area contributed by atoms with Gasteiger partial charge in [-0.2, -0.15) is 0 Å². The van der Waals surface area contributed by atoms with Crippen molar-refractivity contribution in [2.75, 3.05) is 13.1 Å². The number of hydrogen-bond acceptors (Lipinski definition) is 5. The van der Waals surface area contributed by atoms with E-state index < -0.39 is 18.2 Å². The van der Waals surface area contributed by atoms with Gasteiger partial charge in [0.2, 0.25) is 12.1 Å². The first kappa shape index (κ1) is 21.7. The largest absolute Gasteiger partial charge is 0.444 e. The molecule has 1 saturated heterocycles. The molecule has 2 heterocycles. The number of piperidine rings is 1. The predicted molar refractivity (Wildman–Crippen MR) is 115 cm³/mol. The van der Waals surface area contributed by atoms with E-state index in [1.165, 1.54) is 6.26 Å². The van der Waals surface area contributed by atoms with Crippen LogP contribution >= 0.6 is 0 Å². The van der Waals surface area contributed by atoms with Crippen molar-refractivity contribution in [2.45, 2.75) is 31.7 Å². The Morgan fingerprint density at radius 3 is 2.66 bits per heavy atom. The molecule has 166 valence electrons.